The van der Waals surface area contributed by atoms with Crippen LogP contribution in [-0.4, -0.2) is 39.0 Å². The number of phenols is 1. The SMILES string of the molecule is CC(C)(CO)c1nc(O[C@H]2C[C@H](C(=O)O)C2)c2cc(O)ccc2c1-c1ccc(F)cc1. The molecule has 7 heteroatoms. The highest BCUT2D eigenvalue weighted by Gasteiger charge is 2.37. The second kappa shape index (κ2) is 7.81. The lowest BCUT2D eigenvalue weighted by Gasteiger charge is -2.33. The van der Waals surface area contributed by atoms with Gasteiger partial charge < -0.3 is 20.1 Å². The molecule has 31 heavy (non-hydrogen) atoms. The molecule has 0 bridgehead atoms. The monoisotopic (exact) mass is 425 g/mol. The number of carboxylic acids is 1. The van der Waals surface area contributed by atoms with Crippen LogP contribution in [-0.2, 0) is 10.2 Å². The van der Waals surface area contributed by atoms with Crippen molar-refractivity contribution >= 4 is 16.7 Å². The molecule has 1 aliphatic rings. The highest BCUT2D eigenvalue weighted by atomic mass is 19.1. The highest BCUT2D eigenvalue weighted by molar-refractivity contribution is 6.01. The predicted octanol–water partition coefficient (Wildman–Crippen LogP) is 4.26. The Balaban J connectivity index is 1.91. The number of nitrogens with zero attached hydrogens (tertiary/aromatic N) is 1. The third kappa shape index (κ3) is 3.93. The largest absolute Gasteiger partial charge is 0.508 e. The fraction of sp³-hybridized carbons (Fsp3) is 0.333. The van der Waals surface area contributed by atoms with Crippen LogP contribution in [0.1, 0.15) is 32.4 Å². The van der Waals surface area contributed by atoms with E-state index in [0.29, 0.717) is 23.9 Å². The maximum absolute atomic E-state index is 13.6. The number of hydrogen-bond acceptors (Lipinski definition) is 5. The molecule has 1 fully saturated rings. The van der Waals surface area contributed by atoms with Crippen LogP contribution in [0.4, 0.5) is 4.39 Å². The summed E-state index contributed by atoms with van der Waals surface area (Å²) in [6, 6.07) is 10.9. The van der Waals surface area contributed by atoms with Crippen LogP contribution in [0.3, 0.4) is 0 Å². The van der Waals surface area contributed by atoms with E-state index < -0.39 is 17.3 Å². The van der Waals surface area contributed by atoms with Gasteiger partial charge in [0, 0.05) is 16.4 Å². The minimum absolute atomic E-state index is 0.0374. The van der Waals surface area contributed by atoms with Crippen LogP contribution >= 0.6 is 0 Å². The summed E-state index contributed by atoms with van der Waals surface area (Å²) in [4.78, 5) is 15.9. The van der Waals surface area contributed by atoms with Crippen molar-refractivity contribution in [2.75, 3.05) is 6.61 Å². The molecule has 0 amide bonds. The third-order valence-electron chi connectivity index (χ3n) is 5.84. The number of aliphatic carboxylic acids is 1. The fourth-order valence-corrected chi connectivity index (χ4v) is 3.86. The first-order valence-corrected chi connectivity index (χ1v) is 10.1. The van der Waals surface area contributed by atoms with Gasteiger partial charge in [0.15, 0.2) is 0 Å². The zero-order chi connectivity index (χ0) is 22.3. The number of carbonyl (C=O) groups is 1. The van der Waals surface area contributed by atoms with Crippen molar-refractivity contribution < 1.29 is 29.2 Å². The van der Waals surface area contributed by atoms with Gasteiger partial charge in [0.1, 0.15) is 17.7 Å². The number of benzene rings is 2. The highest BCUT2D eigenvalue weighted by Crippen LogP contribution is 2.43. The molecule has 1 saturated carbocycles. The average Bonchev–Trinajstić information content (AvgIpc) is 2.70. The van der Waals surface area contributed by atoms with E-state index in [0.717, 1.165) is 16.5 Å². The van der Waals surface area contributed by atoms with Crippen LogP contribution in [0.5, 0.6) is 11.6 Å². The van der Waals surface area contributed by atoms with Crippen molar-refractivity contribution in [2.45, 2.75) is 38.2 Å². The quantitative estimate of drug-likeness (QED) is 0.546. The molecule has 4 rings (SSSR count). The van der Waals surface area contributed by atoms with Gasteiger partial charge in [-0.1, -0.05) is 26.0 Å². The second-order valence-electron chi connectivity index (χ2n) is 8.67. The minimum atomic E-state index is -0.843. The van der Waals surface area contributed by atoms with Gasteiger partial charge in [0.2, 0.25) is 5.88 Å². The maximum Gasteiger partial charge on any atom is 0.306 e. The average molecular weight is 425 g/mol. The second-order valence-corrected chi connectivity index (χ2v) is 8.67. The lowest BCUT2D eigenvalue weighted by Crippen LogP contribution is -2.38. The van der Waals surface area contributed by atoms with E-state index in [1.54, 1.807) is 30.3 Å². The van der Waals surface area contributed by atoms with Crippen molar-refractivity contribution in [3.05, 3.63) is 54.0 Å². The van der Waals surface area contributed by atoms with Crippen molar-refractivity contribution in [3.63, 3.8) is 0 Å². The molecular weight excluding hydrogens is 401 g/mol. The lowest BCUT2D eigenvalue weighted by molar-refractivity contribution is -0.148. The first-order valence-electron chi connectivity index (χ1n) is 10.1. The molecule has 1 heterocycles. The molecule has 1 aromatic heterocycles. The summed E-state index contributed by atoms with van der Waals surface area (Å²) in [7, 11) is 0. The van der Waals surface area contributed by atoms with E-state index in [1.165, 1.54) is 12.1 Å². The van der Waals surface area contributed by atoms with Crippen LogP contribution in [0.25, 0.3) is 21.9 Å². The zero-order valence-electron chi connectivity index (χ0n) is 17.3. The first kappa shape index (κ1) is 21.1. The number of hydrogen-bond donors (Lipinski definition) is 3. The first-order chi connectivity index (χ1) is 14.7. The summed E-state index contributed by atoms with van der Waals surface area (Å²) < 4.78 is 19.6. The summed E-state index contributed by atoms with van der Waals surface area (Å²) in [6.07, 6.45) is 0.479. The van der Waals surface area contributed by atoms with Gasteiger partial charge in [-0.25, -0.2) is 9.37 Å². The predicted molar refractivity (Wildman–Crippen MR) is 114 cm³/mol. The van der Waals surface area contributed by atoms with Crippen molar-refractivity contribution in [1.82, 2.24) is 4.98 Å². The van der Waals surface area contributed by atoms with E-state index in [4.69, 9.17) is 14.8 Å². The minimum Gasteiger partial charge on any atom is -0.508 e. The number of aromatic nitrogens is 1. The van der Waals surface area contributed by atoms with Crippen LogP contribution in [0, 0.1) is 11.7 Å². The maximum atomic E-state index is 13.6. The zero-order valence-corrected chi connectivity index (χ0v) is 17.3. The van der Waals surface area contributed by atoms with Gasteiger partial charge in [0.25, 0.3) is 0 Å². The Bertz CT molecular complexity index is 1140. The van der Waals surface area contributed by atoms with E-state index in [9.17, 15) is 19.4 Å². The number of aromatic hydroxyl groups is 1. The third-order valence-corrected chi connectivity index (χ3v) is 5.84. The number of carboxylic acid groups (broad SMARTS) is 1. The molecule has 0 saturated heterocycles. The van der Waals surface area contributed by atoms with E-state index in [-0.39, 0.29) is 30.2 Å². The van der Waals surface area contributed by atoms with Gasteiger partial charge in [-0.05, 0) is 54.1 Å². The van der Waals surface area contributed by atoms with Crippen LogP contribution in [0.2, 0.25) is 0 Å². The molecule has 0 radical (unpaired) electrons. The molecule has 6 nitrogen and oxygen atoms in total. The standard InChI is InChI=1S/C24H24FNO5/c1-24(2,12-27)21-20(13-3-5-15(25)6-4-13)18-8-7-16(28)11-19(18)22(26-21)31-17-9-14(10-17)23(29)30/h3-8,11,14,17,27-28H,9-10,12H2,1-2H3,(H,29,30)/t14-,17-. The van der Waals surface area contributed by atoms with Crippen LogP contribution in [0.15, 0.2) is 42.5 Å². The Hall–Kier alpha value is -3.19. The Morgan fingerprint density at radius 2 is 1.84 bits per heavy atom. The normalized spacial score (nSPS) is 18.6. The Morgan fingerprint density at radius 1 is 1.16 bits per heavy atom. The molecule has 0 unspecified atom stereocenters. The number of aliphatic hydroxyl groups excluding tert-OH is 1. The Labute approximate surface area is 178 Å². The molecular formula is C24H24FNO5. The molecule has 0 aliphatic heterocycles. The molecule has 3 aromatic rings. The Kier molecular flexibility index (Phi) is 5.31. The molecule has 3 N–H and O–H groups in total. The van der Waals surface area contributed by atoms with Crippen molar-refractivity contribution in [3.8, 4) is 22.8 Å². The lowest BCUT2D eigenvalue weighted by atomic mass is 9.82. The molecule has 2 aromatic carbocycles. The van der Waals surface area contributed by atoms with Crippen molar-refractivity contribution in [1.29, 1.82) is 0 Å². The number of fused-ring (bicyclic) bond motifs is 1. The summed E-state index contributed by atoms with van der Waals surface area (Å²) in [5.74, 6) is -1.32. The fourth-order valence-electron chi connectivity index (χ4n) is 3.86. The summed E-state index contributed by atoms with van der Waals surface area (Å²) in [6.45, 7) is 3.52. The molecule has 0 spiro atoms. The summed E-state index contributed by atoms with van der Waals surface area (Å²) >= 11 is 0. The number of phenolic OH excluding ortho intramolecular Hbond substituents is 1. The smallest absolute Gasteiger partial charge is 0.306 e. The number of rotatable bonds is 6. The number of halogens is 1. The van der Waals surface area contributed by atoms with Crippen LogP contribution < -0.4 is 4.74 Å². The van der Waals surface area contributed by atoms with Gasteiger partial charge in [-0.2, -0.15) is 0 Å². The summed E-state index contributed by atoms with van der Waals surface area (Å²) in [5, 5.41) is 30.6. The topological polar surface area (TPSA) is 99.9 Å². The van der Waals surface area contributed by atoms with Gasteiger partial charge in [-0.15, -0.1) is 0 Å². The Morgan fingerprint density at radius 3 is 2.45 bits per heavy atom. The van der Waals surface area contributed by atoms with Gasteiger partial charge in [0.05, 0.1) is 18.2 Å². The van der Waals surface area contributed by atoms with Gasteiger partial charge in [-0.3, -0.25) is 4.79 Å². The number of pyridine rings is 1. The number of ether oxygens (including phenoxy) is 1. The van der Waals surface area contributed by atoms with E-state index >= 15 is 0 Å². The van der Waals surface area contributed by atoms with E-state index in [2.05, 4.69) is 0 Å². The summed E-state index contributed by atoms with van der Waals surface area (Å²) in [5.41, 5.74) is 1.28. The molecule has 0 atom stereocenters. The molecule has 162 valence electrons. The van der Waals surface area contributed by atoms with E-state index in [1.807, 2.05) is 13.8 Å². The number of aliphatic hydroxyl groups is 1. The van der Waals surface area contributed by atoms with Crippen molar-refractivity contribution in [2.24, 2.45) is 5.92 Å². The molecule has 1 aliphatic carbocycles. The van der Waals surface area contributed by atoms with Gasteiger partial charge >= 0.3 is 5.97 Å².